The van der Waals surface area contributed by atoms with Gasteiger partial charge in [-0.1, -0.05) is 30.3 Å². The summed E-state index contributed by atoms with van der Waals surface area (Å²) >= 11 is 0. The van der Waals surface area contributed by atoms with Crippen molar-refractivity contribution in [2.75, 3.05) is 0 Å². The molecule has 4 atom stereocenters. The molecule has 0 aromatic heterocycles. The van der Waals surface area contributed by atoms with Crippen LogP contribution in [0.15, 0.2) is 30.3 Å². The first-order valence-electron chi connectivity index (χ1n) is 5.83. The van der Waals surface area contributed by atoms with Gasteiger partial charge in [0, 0.05) is 12.1 Å². The lowest BCUT2D eigenvalue weighted by atomic mass is 9.91. The summed E-state index contributed by atoms with van der Waals surface area (Å²) in [7, 11) is 0. The highest BCUT2D eigenvalue weighted by atomic mass is 16.3. The average molecular weight is 203 g/mol. The number of piperidine rings is 1. The molecule has 1 heterocycles. The predicted molar refractivity (Wildman–Crippen MR) is 59.5 cm³/mol. The number of nitrogens with one attached hydrogen (secondary N) is 1. The molecule has 0 unspecified atom stereocenters. The van der Waals surface area contributed by atoms with Gasteiger partial charge in [0.05, 0.1) is 6.10 Å². The second-order valence-electron chi connectivity index (χ2n) is 4.82. The van der Waals surface area contributed by atoms with Gasteiger partial charge in [0.1, 0.15) is 0 Å². The largest absolute Gasteiger partial charge is 0.387 e. The molecule has 1 aliphatic carbocycles. The highest BCUT2D eigenvalue weighted by Crippen LogP contribution is 2.39. The number of fused-ring (bicyclic) bond motifs is 2. The highest BCUT2D eigenvalue weighted by Gasteiger charge is 2.42. The molecule has 80 valence electrons. The van der Waals surface area contributed by atoms with Crippen molar-refractivity contribution in [3.8, 4) is 0 Å². The molecule has 0 radical (unpaired) electrons. The SMILES string of the molecule is O[C@H](c1ccccc1)[C@@H]1N[C@H]2CC[C@@H]1C2. The quantitative estimate of drug-likeness (QED) is 0.769. The van der Waals surface area contributed by atoms with E-state index in [1.54, 1.807) is 0 Å². The number of hydrogen-bond donors (Lipinski definition) is 2. The Balaban J connectivity index is 1.78. The van der Waals surface area contributed by atoms with E-state index in [-0.39, 0.29) is 12.1 Å². The normalized spacial score (nSPS) is 35.7. The first-order valence-corrected chi connectivity index (χ1v) is 5.83. The van der Waals surface area contributed by atoms with Crippen LogP contribution in [0.3, 0.4) is 0 Å². The average Bonchev–Trinajstić information content (AvgIpc) is 2.91. The van der Waals surface area contributed by atoms with Crippen LogP contribution < -0.4 is 5.32 Å². The lowest BCUT2D eigenvalue weighted by molar-refractivity contribution is 0.106. The Morgan fingerprint density at radius 3 is 2.60 bits per heavy atom. The Hall–Kier alpha value is -0.860. The summed E-state index contributed by atoms with van der Waals surface area (Å²) in [5.74, 6) is 0.685. The summed E-state index contributed by atoms with van der Waals surface area (Å²) in [5, 5.41) is 13.8. The van der Waals surface area contributed by atoms with Crippen molar-refractivity contribution in [3.63, 3.8) is 0 Å². The molecule has 1 saturated heterocycles. The van der Waals surface area contributed by atoms with Crippen molar-refractivity contribution in [1.29, 1.82) is 0 Å². The van der Waals surface area contributed by atoms with Crippen LogP contribution in [0.4, 0.5) is 0 Å². The number of hydrogen-bond acceptors (Lipinski definition) is 2. The third kappa shape index (κ3) is 1.58. The van der Waals surface area contributed by atoms with Gasteiger partial charge in [-0.2, -0.15) is 0 Å². The molecule has 3 rings (SSSR count). The molecule has 2 N–H and O–H groups in total. The summed E-state index contributed by atoms with van der Waals surface area (Å²) in [6.07, 6.45) is 3.50. The van der Waals surface area contributed by atoms with Crippen LogP contribution in [0.5, 0.6) is 0 Å². The number of benzene rings is 1. The van der Waals surface area contributed by atoms with Crippen molar-refractivity contribution in [2.45, 2.75) is 37.5 Å². The highest BCUT2D eigenvalue weighted by molar-refractivity contribution is 5.20. The molecule has 0 amide bonds. The van der Waals surface area contributed by atoms with Crippen molar-refractivity contribution in [2.24, 2.45) is 5.92 Å². The maximum Gasteiger partial charge on any atom is 0.0945 e. The molecule has 0 spiro atoms. The van der Waals surface area contributed by atoms with E-state index in [0.717, 1.165) is 5.56 Å². The van der Waals surface area contributed by atoms with Crippen LogP contribution in [0.2, 0.25) is 0 Å². The second kappa shape index (κ2) is 3.62. The third-order valence-electron chi connectivity index (χ3n) is 3.89. The lowest BCUT2D eigenvalue weighted by Crippen LogP contribution is -2.40. The van der Waals surface area contributed by atoms with E-state index >= 15 is 0 Å². The third-order valence-corrected chi connectivity index (χ3v) is 3.89. The second-order valence-corrected chi connectivity index (χ2v) is 4.82. The summed E-state index contributed by atoms with van der Waals surface area (Å²) in [4.78, 5) is 0. The zero-order valence-corrected chi connectivity index (χ0v) is 8.76. The molecule has 2 fully saturated rings. The van der Waals surface area contributed by atoms with Gasteiger partial charge in [-0.15, -0.1) is 0 Å². The fourth-order valence-corrected chi connectivity index (χ4v) is 3.11. The lowest BCUT2D eigenvalue weighted by Gasteiger charge is -2.28. The molecular weight excluding hydrogens is 186 g/mol. The fourth-order valence-electron chi connectivity index (χ4n) is 3.11. The molecule has 1 aromatic carbocycles. The summed E-state index contributed by atoms with van der Waals surface area (Å²) in [6, 6.07) is 10.9. The first kappa shape index (κ1) is 9.37. The van der Waals surface area contributed by atoms with Crippen LogP contribution >= 0.6 is 0 Å². The molecule has 15 heavy (non-hydrogen) atoms. The molecule has 2 bridgehead atoms. The Labute approximate surface area is 90.3 Å². The minimum absolute atomic E-state index is 0.283. The van der Waals surface area contributed by atoms with Crippen LogP contribution in [0.25, 0.3) is 0 Å². The number of rotatable bonds is 2. The zero-order valence-electron chi connectivity index (χ0n) is 8.76. The van der Waals surface area contributed by atoms with Gasteiger partial charge >= 0.3 is 0 Å². The molecule has 1 saturated carbocycles. The topological polar surface area (TPSA) is 32.3 Å². The van der Waals surface area contributed by atoms with Crippen molar-refractivity contribution in [3.05, 3.63) is 35.9 Å². The van der Waals surface area contributed by atoms with E-state index < -0.39 is 0 Å². The van der Waals surface area contributed by atoms with E-state index in [4.69, 9.17) is 0 Å². The molecule has 1 aliphatic heterocycles. The van der Waals surface area contributed by atoms with E-state index in [0.29, 0.717) is 12.0 Å². The van der Waals surface area contributed by atoms with E-state index in [1.807, 2.05) is 30.3 Å². The van der Waals surface area contributed by atoms with Gasteiger partial charge in [-0.05, 0) is 30.7 Å². The zero-order chi connectivity index (χ0) is 10.3. The van der Waals surface area contributed by atoms with Crippen molar-refractivity contribution >= 4 is 0 Å². The molecular formula is C13H17NO. The fraction of sp³-hybridized carbons (Fsp3) is 0.538. The molecule has 2 aliphatic rings. The van der Waals surface area contributed by atoms with Gasteiger partial charge in [-0.3, -0.25) is 0 Å². The van der Waals surface area contributed by atoms with Gasteiger partial charge in [0.15, 0.2) is 0 Å². The van der Waals surface area contributed by atoms with Crippen LogP contribution in [-0.2, 0) is 0 Å². The Morgan fingerprint density at radius 2 is 2.00 bits per heavy atom. The maximum atomic E-state index is 10.3. The minimum atomic E-state index is -0.332. The van der Waals surface area contributed by atoms with Gasteiger partial charge in [0.25, 0.3) is 0 Å². The molecule has 1 aromatic rings. The van der Waals surface area contributed by atoms with Gasteiger partial charge in [-0.25, -0.2) is 0 Å². The summed E-state index contributed by atoms with van der Waals surface area (Å²) in [5.41, 5.74) is 1.04. The van der Waals surface area contributed by atoms with Gasteiger partial charge < -0.3 is 10.4 Å². The van der Waals surface area contributed by atoms with Crippen molar-refractivity contribution < 1.29 is 5.11 Å². The first-order chi connectivity index (χ1) is 7.34. The Kier molecular flexibility index (Phi) is 2.26. The summed E-state index contributed by atoms with van der Waals surface area (Å²) < 4.78 is 0. The molecule has 2 nitrogen and oxygen atoms in total. The van der Waals surface area contributed by atoms with E-state index in [9.17, 15) is 5.11 Å². The van der Waals surface area contributed by atoms with Crippen LogP contribution in [-0.4, -0.2) is 17.2 Å². The smallest absolute Gasteiger partial charge is 0.0945 e. The summed E-state index contributed by atoms with van der Waals surface area (Å²) in [6.45, 7) is 0. The van der Waals surface area contributed by atoms with E-state index in [2.05, 4.69) is 5.32 Å². The predicted octanol–water partition coefficient (Wildman–Crippen LogP) is 1.86. The number of aliphatic hydroxyl groups is 1. The van der Waals surface area contributed by atoms with Crippen LogP contribution in [0.1, 0.15) is 30.9 Å². The van der Waals surface area contributed by atoms with Crippen molar-refractivity contribution in [1.82, 2.24) is 5.32 Å². The van der Waals surface area contributed by atoms with E-state index in [1.165, 1.54) is 19.3 Å². The monoisotopic (exact) mass is 203 g/mol. The Morgan fingerprint density at radius 1 is 1.20 bits per heavy atom. The number of aliphatic hydroxyl groups excluding tert-OH is 1. The Bertz CT molecular complexity index is 338. The van der Waals surface area contributed by atoms with Gasteiger partial charge in [0.2, 0.25) is 0 Å². The van der Waals surface area contributed by atoms with Crippen LogP contribution in [0, 0.1) is 5.92 Å². The minimum Gasteiger partial charge on any atom is -0.387 e. The molecule has 2 heteroatoms. The standard InChI is InChI=1S/C13H17NO/c15-13(9-4-2-1-3-5-9)12-10-6-7-11(8-10)14-12/h1-5,10-15H,6-8H2/t10-,11+,12-,13-/m1/s1. The maximum absolute atomic E-state index is 10.3.